The van der Waals surface area contributed by atoms with Crippen molar-refractivity contribution in [2.24, 2.45) is 0 Å². The van der Waals surface area contributed by atoms with Gasteiger partial charge in [0.1, 0.15) is 17.3 Å². The van der Waals surface area contributed by atoms with Crippen molar-refractivity contribution in [1.29, 1.82) is 0 Å². The Balaban J connectivity index is 1.66. The van der Waals surface area contributed by atoms with E-state index in [-0.39, 0.29) is 11.3 Å². The van der Waals surface area contributed by atoms with Crippen LogP contribution in [0.25, 0.3) is 5.82 Å². The number of rotatable bonds is 6. The summed E-state index contributed by atoms with van der Waals surface area (Å²) < 4.78 is 7.47. The summed E-state index contributed by atoms with van der Waals surface area (Å²) in [6.07, 6.45) is 5.13. The number of carbonyl (C=O) groups is 2. The fourth-order valence-electron chi connectivity index (χ4n) is 2.95. The summed E-state index contributed by atoms with van der Waals surface area (Å²) in [5, 5.41) is 12.2. The Hall–Kier alpha value is -4.39. The molecule has 148 valence electrons. The van der Waals surface area contributed by atoms with Crippen molar-refractivity contribution in [3.8, 4) is 17.3 Å². The zero-order valence-electron chi connectivity index (χ0n) is 15.7. The van der Waals surface area contributed by atoms with Gasteiger partial charge >= 0.3 is 5.97 Å². The molecule has 30 heavy (non-hydrogen) atoms. The smallest absolute Gasteiger partial charge is 0.337 e. The summed E-state index contributed by atoms with van der Waals surface area (Å²) in [6, 6.07) is 20.4. The van der Waals surface area contributed by atoms with Crippen LogP contribution in [-0.2, 0) is 0 Å². The predicted octanol–water partition coefficient (Wildman–Crippen LogP) is 4.62. The van der Waals surface area contributed by atoms with Crippen molar-refractivity contribution < 1.29 is 19.4 Å². The fraction of sp³-hybridized carbons (Fsp3) is 0. The maximum absolute atomic E-state index is 13.0. The van der Waals surface area contributed by atoms with Crippen LogP contribution in [0, 0.1) is 0 Å². The molecule has 0 aliphatic carbocycles. The Bertz CT molecular complexity index is 1190. The van der Waals surface area contributed by atoms with Gasteiger partial charge in [-0.3, -0.25) is 4.79 Å². The molecule has 0 spiro atoms. The van der Waals surface area contributed by atoms with Crippen molar-refractivity contribution in [2.45, 2.75) is 0 Å². The number of para-hydroxylation sites is 1. The fourth-order valence-corrected chi connectivity index (χ4v) is 2.95. The van der Waals surface area contributed by atoms with E-state index in [1.165, 1.54) is 12.1 Å². The Morgan fingerprint density at radius 3 is 2.37 bits per heavy atom. The van der Waals surface area contributed by atoms with Crippen LogP contribution in [0.1, 0.15) is 20.7 Å². The highest BCUT2D eigenvalue weighted by Gasteiger charge is 2.18. The average molecular weight is 399 g/mol. The first kappa shape index (κ1) is 18.9. The molecule has 0 bridgehead atoms. The number of aromatic carboxylic acids is 1. The van der Waals surface area contributed by atoms with Gasteiger partial charge in [-0.1, -0.05) is 18.2 Å². The van der Waals surface area contributed by atoms with Crippen molar-refractivity contribution in [1.82, 2.24) is 9.55 Å². The van der Waals surface area contributed by atoms with E-state index in [4.69, 9.17) is 4.74 Å². The maximum atomic E-state index is 13.0. The van der Waals surface area contributed by atoms with E-state index in [2.05, 4.69) is 10.3 Å². The van der Waals surface area contributed by atoms with E-state index in [1.807, 2.05) is 30.3 Å². The molecule has 2 aromatic heterocycles. The minimum Gasteiger partial charge on any atom is -0.478 e. The van der Waals surface area contributed by atoms with E-state index in [0.717, 1.165) is 0 Å². The summed E-state index contributed by atoms with van der Waals surface area (Å²) >= 11 is 0. The van der Waals surface area contributed by atoms with Gasteiger partial charge in [0.15, 0.2) is 0 Å². The van der Waals surface area contributed by atoms with Gasteiger partial charge < -0.3 is 19.7 Å². The zero-order chi connectivity index (χ0) is 20.9. The van der Waals surface area contributed by atoms with E-state index in [0.29, 0.717) is 22.9 Å². The van der Waals surface area contributed by atoms with Gasteiger partial charge in [0, 0.05) is 24.7 Å². The molecule has 0 saturated carbocycles. The van der Waals surface area contributed by atoms with Gasteiger partial charge in [0.2, 0.25) is 0 Å². The number of amides is 1. The van der Waals surface area contributed by atoms with Crippen LogP contribution in [0.4, 0.5) is 5.69 Å². The van der Waals surface area contributed by atoms with Gasteiger partial charge in [-0.05, 0) is 48.5 Å². The Labute approximate surface area is 172 Å². The molecule has 4 rings (SSSR count). The first-order chi connectivity index (χ1) is 14.6. The molecule has 0 fully saturated rings. The molecule has 0 atom stereocenters. The lowest BCUT2D eigenvalue weighted by Gasteiger charge is -2.13. The van der Waals surface area contributed by atoms with Gasteiger partial charge in [-0.2, -0.15) is 0 Å². The monoisotopic (exact) mass is 399 g/mol. The lowest BCUT2D eigenvalue weighted by Crippen LogP contribution is -2.17. The molecule has 4 aromatic rings. The highest BCUT2D eigenvalue weighted by Crippen LogP contribution is 2.28. The molecule has 0 radical (unpaired) electrons. The number of nitrogens with one attached hydrogen (secondary N) is 1. The Kier molecular flexibility index (Phi) is 5.25. The molecule has 7 nitrogen and oxygen atoms in total. The molecule has 2 aromatic carbocycles. The molecule has 0 saturated heterocycles. The minimum atomic E-state index is -1.16. The summed E-state index contributed by atoms with van der Waals surface area (Å²) in [4.78, 5) is 28.9. The highest BCUT2D eigenvalue weighted by molar-refractivity contribution is 6.09. The molecule has 0 aliphatic heterocycles. The third-order valence-corrected chi connectivity index (χ3v) is 4.33. The number of anilines is 1. The number of ether oxygens (including phenoxy) is 1. The van der Waals surface area contributed by atoms with Crippen LogP contribution < -0.4 is 10.1 Å². The third-order valence-electron chi connectivity index (χ3n) is 4.33. The summed E-state index contributed by atoms with van der Waals surface area (Å²) in [5.41, 5.74) is 0.387. The largest absolute Gasteiger partial charge is 0.478 e. The van der Waals surface area contributed by atoms with E-state index in [9.17, 15) is 14.7 Å². The minimum absolute atomic E-state index is 0.0461. The van der Waals surface area contributed by atoms with Gasteiger partial charge in [0.05, 0.1) is 16.8 Å². The highest BCUT2D eigenvalue weighted by atomic mass is 16.5. The lowest BCUT2D eigenvalue weighted by molar-refractivity contribution is 0.0698. The van der Waals surface area contributed by atoms with Crippen LogP contribution in [0.15, 0.2) is 91.4 Å². The van der Waals surface area contributed by atoms with Crippen LogP contribution in [0.2, 0.25) is 0 Å². The number of pyridine rings is 1. The second-order valence-corrected chi connectivity index (χ2v) is 6.35. The number of aromatic nitrogens is 2. The third kappa shape index (κ3) is 4.05. The van der Waals surface area contributed by atoms with Crippen molar-refractivity contribution in [3.63, 3.8) is 0 Å². The number of carbonyl (C=O) groups excluding carboxylic acids is 1. The van der Waals surface area contributed by atoms with Gasteiger partial charge in [-0.25, -0.2) is 9.78 Å². The summed E-state index contributed by atoms with van der Waals surface area (Å²) in [7, 11) is 0. The quantitative estimate of drug-likeness (QED) is 0.494. The number of carboxylic acids is 1. The second kappa shape index (κ2) is 8.32. The molecular weight excluding hydrogens is 382 g/mol. The van der Waals surface area contributed by atoms with Crippen molar-refractivity contribution in [3.05, 3.63) is 103 Å². The Morgan fingerprint density at radius 1 is 0.867 bits per heavy atom. The first-order valence-corrected chi connectivity index (χ1v) is 9.12. The lowest BCUT2D eigenvalue weighted by atomic mass is 10.1. The number of nitrogens with zero attached hydrogens (tertiary/aromatic N) is 2. The van der Waals surface area contributed by atoms with Crippen LogP contribution in [-0.4, -0.2) is 26.5 Å². The summed E-state index contributed by atoms with van der Waals surface area (Å²) in [6.45, 7) is 0. The van der Waals surface area contributed by atoms with Gasteiger partial charge in [0.25, 0.3) is 5.91 Å². The molecular formula is C23H17N3O4. The Morgan fingerprint density at radius 2 is 1.63 bits per heavy atom. The molecule has 0 unspecified atom stereocenters. The zero-order valence-corrected chi connectivity index (χ0v) is 15.7. The van der Waals surface area contributed by atoms with Crippen LogP contribution in [0.3, 0.4) is 0 Å². The van der Waals surface area contributed by atoms with Crippen molar-refractivity contribution >= 4 is 17.6 Å². The van der Waals surface area contributed by atoms with Crippen LogP contribution >= 0.6 is 0 Å². The predicted molar refractivity (Wildman–Crippen MR) is 111 cm³/mol. The molecule has 2 N–H and O–H groups in total. The van der Waals surface area contributed by atoms with E-state index < -0.39 is 11.9 Å². The number of hydrogen-bond acceptors (Lipinski definition) is 4. The second-order valence-electron chi connectivity index (χ2n) is 6.35. The topological polar surface area (TPSA) is 93.4 Å². The number of carboxylic acid groups (broad SMARTS) is 1. The molecule has 1 amide bonds. The van der Waals surface area contributed by atoms with E-state index in [1.54, 1.807) is 53.5 Å². The first-order valence-electron chi connectivity index (χ1n) is 9.12. The molecule has 7 heteroatoms. The standard InChI is InChI=1S/C23H17N3O4/c27-22(19-9-6-12-24-21(19)26-13-4-5-14-26)25-20-15-17(10-11-18(20)23(28)29)30-16-7-2-1-3-8-16/h1-15H,(H,25,27)(H,28,29). The summed E-state index contributed by atoms with van der Waals surface area (Å²) in [5.74, 6) is -0.202. The SMILES string of the molecule is O=C(O)c1ccc(Oc2ccccc2)cc1NC(=O)c1cccnc1-n1cccc1. The van der Waals surface area contributed by atoms with Crippen LogP contribution in [0.5, 0.6) is 11.5 Å². The number of hydrogen-bond donors (Lipinski definition) is 2. The van der Waals surface area contributed by atoms with Gasteiger partial charge in [-0.15, -0.1) is 0 Å². The normalized spacial score (nSPS) is 10.4. The van der Waals surface area contributed by atoms with E-state index >= 15 is 0 Å². The van der Waals surface area contributed by atoms with Crippen molar-refractivity contribution in [2.75, 3.05) is 5.32 Å². The average Bonchev–Trinajstić information content (AvgIpc) is 3.29. The number of benzene rings is 2. The molecule has 0 aliphatic rings. The molecule has 2 heterocycles. The maximum Gasteiger partial charge on any atom is 0.337 e.